The number of hydrogen-bond donors (Lipinski definition) is 4. The van der Waals surface area contributed by atoms with E-state index in [2.05, 4.69) is 5.32 Å². The molecule has 0 radical (unpaired) electrons. The number of halogens is 2. The number of nitrogens with two attached hydrogens (primary N) is 1. The number of rotatable bonds is 5. The molecule has 0 spiro atoms. The van der Waals surface area contributed by atoms with Crippen LogP contribution in [0.25, 0.3) is 0 Å². The van der Waals surface area contributed by atoms with Gasteiger partial charge in [-0.15, -0.1) is 0 Å². The van der Waals surface area contributed by atoms with Crippen LogP contribution < -0.4 is 11.1 Å². The van der Waals surface area contributed by atoms with Gasteiger partial charge in [-0.1, -0.05) is 23.2 Å². The molecule has 5 N–H and O–H groups in total. The summed E-state index contributed by atoms with van der Waals surface area (Å²) in [5.41, 5.74) is 5.76. The fourth-order valence-corrected chi connectivity index (χ4v) is 1.83. The molecule has 104 valence electrons. The van der Waals surface area contributed by atoms with Gasteiger partial charge in [0.05, 0.1) is 15.7 Å². The van der Waals surface area contributed by atoms with E-state index < -0.39 is 17.9 Å². The average molecular weight is 307 g/mol. The number of aliphatic hydroxyl groups excluding tert-OH is 1. The number of nitrogen functional groups attached to an aromatic ring is 1. The maximum Gasteiger partial charge on any atom is 0.326 e. The Bertz CT molecular complexity index is 484. The van der Waals surface area contributed by atoms with Crippen molar-refractivity contribution in [1.82, 2.24) is 5.32 Å². The van der Waals surface area contributed by atoms with Crippen LogP contribution in [0.1, 0.15) is 16.8 Å². The summed E-state index contributed by atoms with van der Waals surface area (Å²) in [6.07, 6.45) is -0.0997. The highest BCUT2D eigenvalue weighted by molar-refractivity contribution is 6.39. The molecule has 0 saturated heterocycles. The summed E-state index contributed by atoms with van der Waals surface area (Å²) in [5, 5.41) is 20.0. The second-order valence-electron chi connectivity index (χ2n) is 3.73. The van der Waals surface area contributed by atoms with E-state index in [0.717, 1.165) is 0 Å². The molecule has 0 aromatic heterocycles. The Kier molecular flexibility index (Phi) is 5.41. The van der Waals surface area contributed by atoms with Crippen LogP contribution in [0.2, 0.25) is 10.0 Å². The number of nitrogens with one attached hydrogen (secondary N) is 1. The van der Waals surface area contributed by atoms with E-state index in [0.29, 0.717) is 0 Å². The summed E-state index contributed by atoms with van der Waals surface area (Å²) in [6.45, 7) is -0.361. The van der Waals surface area contributed by atoms with E-state index in [1.165, 1.54) is 12.1 Å². The van der Waals surface area contributed by atoms with Crippen LogP contribution in [0.5, 0.6) is 0 Å². The standard InChI is InChI=1S/C11H12Cl2N2O4/c12-6-3-5(4-7(13)9(6)14)10(17)15-8(1-2-16)11(18)19/h3-4,8,16H,1-2,14H2,(H,15,17)(H,18,19)/t8-/m1/s1. The van der Waals surface area contributed by atoms with Crippen molar-refractivity contribution in [2.75, 3.05) is 12.3 Å². The normalized spacial score (nSPS) is 11.9. The van der Waals surface area contributed by atoms with Crippen molar-refractivity contribution in [3.8, 4) is 0 Å². The highest BCUT2D eigenvalue weighted by Crippen LogP contribution is 2.28. The van der Waals surface area contributed by atoms with Gasteiger partial charge in [0.25, 0.3) is 5.91 Å². The quantitative estimate of drug-likeness (QED) is 0.609. The highest BCUT2D eigenvalue weighted by Gasteiger charge is 2.20. The molecule has 19 heavy (non-hydrogen) atoms. The van der Waals surface area contributed by atoms with Crippen LogP contribution in [0.3, 0.4) is 0 Å². The minimum absolute atomic E-state index is 0.0911. The molecule has 1 amide bonds. The molecule has 1 atom stereocenters. The molecule has 6 nitrogen and oxygen atoms in total. The van der Waals surface area contributed by atoms with Crippen LogP contribution in [0.15, 0.2) is 12.1 Å². The maximum absolute atomic E-state index is 11.8. The number of hydrogen-bond acceptors (Lipinski definition) is 4. The van der Waals surface area contributed by atoms with Gasteiger partial charge in [-0.2, -0.15) is 0 Å². The van der Waals surface area contributed by atoms with Crippen LogP contribution in [-0.4, -0.2) is 34.7 Å². The average Bonchev–Trinajstić information content (AvgIpc) is 2.34. The molecule has 0 unspecified atom stereocenters. The molecule has 0 aliphatic heterocycles. The molecule has 1 rings (SSSR count). The largest absolute Gasteiger partial charge is 0.480 e. The first-order chi connectivity index (χ1) is 8.86. The van der Waals surface area contributed by atoms with Crippen LogP contribution in [-0.2, 0) is 4.79 Å². The van der Waals surface area contributed by atoms with E-state index >= 15 is 0 Å². The van der Waals surface area contributed by atoms with E-state index in [1.54, 1.807) is 0 Å². The fraction of sp³-hybridized carbons (Fsp3) is 0.273. The Morgan fingerprint density at radius 1 is 1.32 bits per heavy atom. The lowest BCUT2D eigenvalue weighted by molar-refractivity contribution is -0.139. The second-order valence-corrected chi connectivity index (χ2v) is 4.54. The number of amides is 1. The van der Waals surface area contributed by atoms with Crippen LogP contribution >= 0.6 is 23.2 Å². The monoisotopic (exact) mass is 306 g/mol. The summed E-state index contributed by atoms with van der Waals surface area (Å²) in [7, 11) is 0. The topological polar surface area (TPSA) is 113 Å². The predicted octanol–water partition coefficient (Wildman–Crippen LogP) is 1.14. The maximum atomic E-state index is 11.8. The SMILES string of the molecule is Nc1c(Cl)cc(C(=O)N[C@H](CCO)C(=O)O)cc1Cl. The van der Waals surface area contributed by atoms with E-state index in [9.17, 15) is 9.59 Å². The first-order valence-corrected chi connectivity index (χ1v) is 6.01. The van der Waals surface area contributed by atoms with Crippen molar-refractivity contribution in [1.29, 1.82) is 0 Å². The van der Waals surface area contributed by atoms with Gasteiger partial charge in [-0.05, 0) is 12.1 Å². The van der Waals surface area contributed by atoms with Crippen LogP contribution in [0, 0.1) is 0 Å². The minimum Gasteiger partial charge on any atom is -0.480 e. The molecule has 0 aliphatic rings. The van der Waals surface area contributed by atoms with Gasteiger partial charge in [0.2, 0.25) is 0 Å². The van der Waals surface area contributed by atoms with Gasteiger partial charge < -0.3 is 21.3 Å². The molecule has 8 heteroatoms. The zero-order chi connectivity index (χ0) is 14.6. The van der Waals surface area contributed by atoms with Crippen molar-refractivity contribution in [3.63, 3.8) is 0 Å². The van der Waals surface area contributed by atoms with Gasteiger partial charge in [0, 0.05) is 18.6 Å². The van der Waals surface area contributed by atoms with Crippen molar-refractivity contribution in [2.45, 2.75) is 12.5 Å². The summed E-state index contributed by atoms with van der Waals surface area (Å²) in [5.74, 6) is -1.90. The lowest BCUT2D eigenvalue weighted by atomic mass is 10.1. The molecule has 0 bridgehead atoms. The predicted molar refractivity (Wildman–Crippen MR) is 71.5 cm³/mol. The third-order valence-electron chi connectivity index (χ3n) is 2.36. The number of carbonyl (C=O) groups excluding carboxylic acids is 1. The Hall–Kier alpha value is -1.50. The molecule has 1 aromatic rings. The van der Waals surface area contributed by atoms with Gasteiger partial charge in [-0.25, -0.2) is 4.79 Å². The molecular formula is C11H12Cl2N2O4. The van der Waals surface area contributed by atoms with E-state index in [4.69, 9.17) is 39.1 Å². The van der Waals surface area contributed by atoms with Gasteiger partial charge >= 0.3 is 5.97 Å². The third kappa shape index (κ3) is 3.99. The lowest BCUT2D eigenvalue weighted by Crippen LogP contribution is -2.41. The molecule has 0 aliphatic carbocycles. The van der Waals surface area contributed by atoms with E-state index in [-0.39, 0.29) is 34.3 Å². The zero-order valence-corrected chi connectivity index (χ0v) is 11.2. The highest BCUT2D eigenvalue weighted by atomic mass is 35.5. The molecular weight excluding hydrogens is 295 g/mol. The van der Waals surface area contributed by atoms with Gasteiger partial charge in [0.1, 0.15) is 6.04 Å². The van der Waals surface area contributed by atoms with Crippen molar-refractivity contribution in [2.24, 2.45) is 0 Å². The lowest BCUT2D eigenvalue weighted by Gasteiger charge is -2.14. The Morgan fingerprint density at radius 2 is 1.84 bits per heavy atom. The molecule has 0 heterocycles. The van der Waals surface area contributed by atoms with Gasteiger partial charge in [0.15, 0.2) is 0 Å². The summed E-state index contributed by atoms with van der Waals surface area (Å²) in [6, 6.07) is 1.39. The number of carboxylic acids is 1. The number of anilines is 1. The minimum atomic E-state index is -1.24. The number of aliphatic carboxylic acids is 1. The Morgan fingerprint density at radius 3 is 2.26 bits per heavy atom. The molecule has 0 saturated carbocycles. The van der Waals surface area contributed by atoms with Crippen molar-refractivity contribution < 1.29 is 19.8 Å². The second kappa shape index (κ2) is 6.60. The fourth-order valence-electron chi connectivity index (χ4n) is 1.34. The van der Waals surface area contributed by atoms with Crippen molar-refractivity contribution >= 4 is 40.8 Å². The van der Waals surface area contributed by atoms with Crippen LogP contribution in [0.4, 0.5) is 5.69 Å². The first kappa shape index (κ1) is 15.6. The number of aliphatic hydroxyl groups is 1. The Balaban J connectivity index is 2.91. The molecule has 0 fully saturated rings. The summed E-state index contributed by atoms with van der Waals surface area (Å²) < 4.78 is 0. The first-order valence-electron chi connectivity index (χ1n) is 5.26. The molecule has 1 aromatic carbocycles. The summed E-state index contributed by atoms with van der Waals surface area (Å²) >= 11 is 11.6. The smallest absolute Gasteiger partial charge is 0.326 e. The van der Waals surface area contributed by atoms with Crippen molar-refractivity contribution in [3.05, 3.63) is 27.7 Å². The zero-order valence-electron chi connectivity index (χ0n) is 9.69. The third-order valence-corrected chi connectivity index (χ3v) is 2.99. The van der Waals surface area contributed by atoms with E-state index in [1.807, 2.05) is 0 Å². The number of carbonyl (C=O) groups is 2. The Labute approximate surface area is 119 Å². The number of carboxylic acid groups (broad SMARTS) is 1. The number of benzene rings is 1. The van der Waals surface area contributed by atoms with Gasteiger partial charge in [-0.3, -0.25) is 4.79 Å². The summed E-state index contributed by atoms with van der Waals surface area (Å²) in [4.78, 5) is 22.7.